The quantitative estimate of drug-likeness (QED) is 0.660. The summed E-state index contributed by atoms with van der Waals surface area (Å²) in [6.07, 6.45) is 0.718. The van der Waals surface area contributed by atoms with Crippen LogP contribution >= 0.6 is 15.9 Å². The fourth-order valence-electron chi connectivity index (χ4n) is 0.419. The van der Waals surface area contributed by atoms with E-state index in [1.807, 2.05) is 0 Å². The number of hydrogen-bond donors (Lipinski definition) is 0. The zero-order valence-corrected chi connectivity index (χ0v) is 7.83. The predicted molar refractivity (Wildman–Crippen MR) is 42.7 cm³/mol. The number of sulfone groups is 1. The molecule has 0 bridgehead atoms. The molecular formula is C5H11BrO2S. The minimum Gasteiger partial charge on any atom is -0.229 e. The Morgan fingerprint density at radius 2 is 2.00 bits per heavy atom. The summed E-state index contributed by atoms with van der Waals surface area (Å²) in [7, 11) is -2.71. The zero-order valence-electron chi connectivity index (χ0n) is 5.43. The molecule has 0 aliphatic carbocycles. The number of alkyl halides is 1. The molecule has 0 aromatic heterocycles. The van der Waals surface area contributed by atoms with Crippen LogP contribution in [0.25, 0.3) is 0 Å². The first-order chi connectivity index (χ1) is 4.12. The Bertz CT molecular complexity index is 150. The van der Waals surface area contributed by atoms with Gasteiger partial charge in [0, 0.05) is 11.1 Å². The Hall–Kier alpha value is 0.430. The van der Waals surface area contributed by atoms with E-state index in [9.17, 15) is 8.42 Å². The van der Waals surface area contributed by atoms with Gasteiger partial charge in [-0.05, 0) is 6.42 Å². The molecule has 4 heteroatoms. The molecule has 0 saturated carbocycles. The standard InChI is InChI=1S/C5H11BrO2S/c1-2-9(7,8)5-3-4-6/h2-5H2,1H3. The molecule has 56 valence electrons. The highest BCUT2D eigenvalue weighted by atomic mass is 79.9. The summed E-state index contributed by atoms with van der Waals surface area (Å²) in [6, 6.07) is 0. The van der Waals surface area contributed by atoms with Gasteiger partial charge >= 0.3 is 0 Å². The lowest BCUT2D eigenvalue weighted by Crippen LogP contribution is -2.08. The van der Waals surface area contributed by atoms with E-state index in [0.717, 1.165) is 11.8 Å². The van der Waals surface area contributed by atoms with E-state index in [0.29, 0.717) is 5.75 Å². The van der Waals surface area contributed by atoms with E-state index in [4.69, 9.17) is 0 Å². The predicted octanol–water partition coefficient (Wildman–Crippen LogP) is 1.21. The summed E-state index contributed by atoms with van der Waals surface area (Å²) in [5.41, 5.74) is 0. The van der Waals surface area contributed by atoms with Crippen molar-refractivity contribution in [3.63, 3.8) is 0 Å². The zero-order chi connectivity index (χ0) is 7.33. The molecule has 9 heavy (non-hydrogen) atoms. The highest BCUT2D eigenvalue weighted by molar-refractivity contribution is 9.09. The Balaban J connectivity index is 3.61. The molecule has 0 spiro atoms. The third-order valence-corrected chi connectivity index (χ3v) is 3.38. The first-order valence-corrected chi connectivity index (χ1v) is 5.83. The van der Waals surface area contributed by atoms with Crippen molar-refractivity contribution in [2.45, 2.75) is 13.3 Å². The molecule has 0 saturated heterocycles. The van der Waals surface area contributed by atoms with Gasteiger partial charge in [-0.3, -0.25) is 0 Å². The third-order valence-electron chi connectivity index (χ3n) is 1.03. The van der Waals surface area contributed by atoms with Crippen molar-refractivity contribution in [3.8, 4) is 0 Å². The van der Waals surface area contributed by atoms with Crippen molar-refractivity contribution in [3.05, 3.63) is 0 Å². The summed E-state index contributed by atoms with van der Waals surface area (Å²) in [5, 5.41) is 0.770. The fourth-order valence-corrected chi connectivity index (χ4v) is 1.94. The van der Waals surface area contributed by atoms with E-state index in [1.165, 1.54) is 0 Å². The number of halogens is 1. The van der Waals surface area contributed by atoms with Gasteiger partial charge in [-0.15, -0.1) is 0 Å². The average Bonchev–Trinajstić information content (AvgIpc) is 1.84. The van der Waals surface area contributed by atoms with Crippen LogP contribution in [0.3, 0.4) is 0 Å². The molecule has 0 radical (unpaired) electrons. The van der Waals surface area contributed by atoms with Crippen molar-refractivity contribution in [1.82, 2.24) is 0 Å². The van der Waals surface area contributed by atoms with Gasteiger partial charge < -0.3 is 0 Å². The van der Waals surface area contributed by atoms with Crippen LogP contribution in [0, 0.1) is 0 Å². The van der Waals surface area contributed by atoms with Gasteiger partial charge in [0.05, 0.1) is 5.75 Å². The normalized spacial score (nSPS) is 11.8. The molecule has 2 nitrogen and oxygen atoms in total. The lowest BCUT2D eigenvalue weighted by molar-refractivity contribution is 0.596. The van der Waals surface area contributed by atoms with Crippen molar-refractivity contribution in [2.24, 2.45) is 0 Å². The number of hydrogen-bond acceptors (Lipinski definition) is 2. The van der Waals surface area contributed by atoms with Crippen molar-refractivity contribution < 1.29 is 8.42 Å². The molecular weight excluding hydrogens is 204 g/mol. The maximum Gasteiger partial charge on any atom is 0.150 e. The minimum absolute atomic E-state index is 0.264. The van der Waals surface area contributed by atoms with Gasteiger partial charge in [-0.2, -0.15) is 0 Å². The molecule has 0 aromatic carbocycles. The summed E-state index contributed by atoms with van der Waals surface area (Å²) in [4.78, 5) is 0. The molecule has 0 aliphatic heterocycles. The smallest absolute Gasteiger partial charge is 0.150 e. The van der Waals surface area contributed by atoms with Gasteiger partial charge in [0.2, 0.25) is 0 Å². The van der Waals surface area contributed by atoms with Crippen molar-refractivity contribution >= 4 is 25.8 Å². The molecule has 0 aliphatic rings. The van der Waals surface area contributed by atoms with Crippen LogP contribution in [0.1, 0.15) is 13.3 Å². The molecule has 0 fully saturated rings. The maximum atomic E-state index is 10.7. The Labute approximate surface area is 64.7 Å². The average molecular weight is 215 g/mol. The van der Waals surface area contributed by atoms with E-state index in [1.54, 1.807) is 6.92 Å². The maximum absolute atomic E-state index is 10.7. The molecule has 0 N–H and O–H groups in total. The molecule has 0 rings (SSSR count). The summed E-state index contributed by atoms with van der Waals surface area (Å²) in [5.74, 6) is 0.578. The van der Waals surface area contributed by atoms with Crippen LogP contribution in [0.5, 0.6) is 0 Å². The third kappa shape index (κ3) is 4.90. The van der Waals surface area contributed by atoms with Gasteiger partial charge in [0.25, 0.3) is 0 Å². The van der Waals surface area contributed by atoms with E-state index >= 15 is 0 Å². The topological polar surface area (TPSA) is 34.1 Å². The van der Waals surface area contributed by atoms with Crippen LogP contribution in [0.4, 0.5) is 0 Å². The van der Waals surface area contributed by atoms with Gasteiger partial charge in [-0.1, -0.05) is 22.9 Å². The van der Waals surface area contributed by atoms with Crippen molar-refractivity contribution in [1.29, 1.82) is 0 Å². The molecule has 0 heterocycles. The Morgan fingerprint density at radius 1 is 1.44 bits per heavy atom. The molecule has 0 amide bonds. The second kappa shape index (κ2) is 4.28. The fraction of sp³-hybridized carbons (Fsp3) is 1.00. The second-order valence-electron chi connectivity index (χ2n) is 1.78. The van der Waals surface area contributed by atoms with E-state index in [2.05, 4.69) is 15.9 Å². The minimum atomic E-state index is -2.71. The Kier molecular flexibility index (Phi) is 4.48. The monoisotopic (exact) mass is 214 g/mol. The molecule has 0 atom stereocenters. The lowest BCUT2D eigenvalue weighted by atomic mass is 10.6. The summed E-state index contributed by atoms with van der Waals surface area (Å²) < 4.78 is 21.5. The van der Waals surface area contributed by atoms with Crippen molar-refractivity contribution in [2.75, 3.05) is 16.8 Å². The highest BCUT2D eigenvalue weighted by Gasteiger charge is 2.04. The van der Waals surface area contributed by atoms with Gasteiger partial charge in [0.1, 0.15) is 9.84 Å². The molecule has 0 unspecified atom stereocenters. The van der Waals surface area contributed by atoms with E-state index < -0.39 is 9.84 Å². The first kappa shape index (κ1) is 9.43. The largest absolute Gasteiger partial charge is 0.229 e. The van der Waals surface area contributed by atoms with Crippen LogP contribution < -0.4 is 0 Å². The summed E-state index contributed by atoms with van der Waals surface area (Å²) >= 11 is 3.17. The van der Waals surface area contributed by atoms with Crippen LogP contribution in [-0.4, -0.2) is 25.3 Å². The second-order valence-corrected chi connectivity index (χ2v) is 5.04. The van der Waals surface area contributed by atoms with E-state index in [-0.39, 0.29) is 5.75 Å². The molecule has 0 aromatic rings. The van der Waals surface area contributed by atoms with Crippen LogP contribution in [0.2, 0.25) is 0 Å². The Morgan fingerprint density at radius 3 is 2.33 bits per heavy atom. The first-order valence-electron chi connectivity index (χ1n) is 2.89. The van der Waals surface area contributed by atoms with Gasteiger partial charge in [-0.25, -0.2) is 8.42 Å². The summed E-state index contributed by atoms with van der Waals surface area (Å²) in [6.45, 7) is 1.67. The van der Waals surface area contributed by atoms with Gasteiger partial charge in [0.15, 0.2) is 0 Å². The lowest BCUT2D eigenvalue weighted by Gasteiger charge is -1.95. The number of rotatable bonds is 4. The van der Waals surface area contributed by atoms with Crippen LogP contribution in [0.15, 0.2) is 0 Å². The highest BCUT2D eigenvalue weighted by Crippen LogP contribution is 1.95. The SMILES string of the molecule is CCS(=O)(=O)CCCBr. The van der Waals surface area contributed by atoms with Crippen LogP contribution in [-0.2, 0) is 9.84 Å².